The van der Waals surface area contributed by atoms with Gasteiger partial charge in [-0.15, -0.1) is 0 Å². The Labute approximate surface area is 100 Å². The van der Waals surface area contributed by atoms with Crippen LogP contribution in [-0.4, -0.2) is 17.5 Å². The van der Waals surface area contributed by atoms with Crippen molar-refractivity contribution in [1.29, 1.82) is 0 Å². The molecule has 1 fully saturated rings. The summed E-state index contributed by atoms with van der Waals surface area (Å²) in [5, 5.41) is 10.2. The van der Waals surface area contributed by atoms with Gasteiger partial charge in [0.1, 0.15) is 0 Å². The molecule has 1 N–H and O–H groups in total. The molecule has 1 aliphatic rings. The zero-order valence-electron chi connectivity index (χ0n) is 11.7. The van der Waals surface area contributed by atoms with Crippen molar-refractivity contribution >= 4 is 0 Å². The van der Waals surface area contributed by atoms with E-state index in [1.807, 2.05) is 6.92 Å². The first kappa shape index (κ1) is 14.0. The fourth-order valence-electron chi connectivity index (χ4n) is 3.40. The molecule has 5 atom stereocenters. The molecule has 96 valence electrons. The lowest BCUT2D eigenvalue weighted by atomic mass is 9.84. The van der Waals surface area contributed by atoms with Crippen LogP contribution in [0.1, 0.15) is 48.0 Å². The molecule has 0 aromatic carbocycles. The van der Waals surface area contributed by atoms with Gasteiger partial charge < -0.3 is 9.84 Å². The summed E-state index contributed by atoms with van der Waals surface area (Å²) < 4.78 is 5.41. The summed E-state index contributed by atoms with van der Waals surface area (Å²) in [6.07, 6.45) is 0.762. The van der Waals surface area contributed by atoms with Crippen molar-refractivity contribution < 1.29 is 9.84 Å². The topological polar surface area (TPSA) is 29.5 Å². The van der Waals surface area contributed by atoms with Crippen molar-refractivity contribution in [2.75, 3.05) is 6.61 Å². The molecule has 16 heavy (non-hydrogen) atoms. The van der Waals surface area contributed by atoms with Gasteiger partial charge in [-0.3, -0.25) is 0 Å². The first-order valence-electron chi connectivity index (χ1n) is 6.66. The normalized spacial score (nSPS) is 43.3. The molecule has 0 aliphatic heterocycles. The van der Waals surface area contributed by atoms with Crippen molar-refractivity contribution in [3.8, 4) is 0 Å². The third-order valence-electron chi connectivity index (χ3n) is 4.91. The fourth-order valence-corrected chi connectivity index (χ4v) is 3.40. The third-order valence-corrected chi connectivity index (χ3v) is 4.91. The fraction of sp³-hybridized carbons (Fsp3) is 1.00. The highest BCUT2D eigenvalue weighted by Crippen LogP contribution is 2.48. The van der Waals surface area contributed by atoms with Crippen LogP contribution in [0, 0.1) is 29.6 Å². The number of hydrogen-bond donors (Lipinski definition) is 1. The zero-order valence-corrected chi connectivity index (χ0v) is 11.7. The van der Waals surface area contributed by atoms with Crippen LogP contribution in [0.15, 0.2) is 0 Å². The summed E-state index contributed by atoms with van der Waals surface area (Å²) in [4.78, 5) is 0. The molecule has 1 aliphatic carbocycles. The van der Waals surface area contributed by atoms with Crippen molar-refractivity contribution in [2.24, 2.45) is 29.6 Å². The average Bonchev–Trinajstić information content (AvgIpc) is 2.35. The molecule has 0 spiro atoms. The lowest BCUT2D eigenvalue weighted by Gasteiger charge is -2.31. The summed E-state index contributed by atoms with van der Waals surface area (Å²) in [6, 6.07) is 0. The number of ether oxygens (including phenoxy) is 1. The molecule has 0 saturated heterocycles. The lowest BCUT2D eigenvalue weighted by molar-refractivity contribution is -0.201. The highest BCUT2D eigenvalue weighted by Gasteiger charge is 2.44. The number of hydrogen-bond acceptors (Lipinski definition) is 2. The largest absolute Gasteiger partial charge is 0.366 e. The minimum absolute atomic E-state index is 0.576. The second-order valence-corrected chi connectivity index (χ2v) is 5.91. The second kappa shape index (κ2) is 5.05. The van der Waals surface area contributed by atoms with E-state index in [1.165, 1.54) is 0 Å². The van der Waals surface area contributed by atoms with Gasteiger partial charge in [-0.25, -0.2) is 0 Å². The van der Waals surface area contributed by atoms with Gasteiger partial charge in [-0.05, 0) is 43.4 Å². The summed E-state index contributed by atoms with van der Waals surface area (Å²) >= 11 is 0. The molecule has 1 saturated carbocycles. The van der Waals surface area contributed by atoms with Gasteiger partial charge in [0.25, 0.3) is 0 Å². The minimum atomic E-state index is -0.953. The van der Waals surface area contributed by atoms with Crippen LogP contribution < -0.4 is 0 Å². The van der Waals surface area contributed by atoms with Crippen LogP contribution in [0.25, 0.3) is 0 Å². The van der Waals surface area contributed by atoms with Crippen molar-refractivity contribution in [3.63, 3.8) is 0 Å². The summed E-state index contributed by atoms with van der Waals surface area (Å²) in [6.45, 7) is 13.6. The monoisotopic (exact) mass is 228 g/mol. The Bertz CT molecular complexity index is 211. The average molecular weight is 228 g/mol. The van der Waals surface area contributed by atoms with E-state index in [4.69, 9.17) is 4.74 Å². The van der Waals surface area contributed by atoms with Gasteiger partial charge in [0.2, 0.25) is 0 Å². The van der Waals surface area contributed by atoms with Gasteiger partial charge in [0.05, 0.1) is 0 Å². The Balaban J connectivity index is 2.67. The predicted octanol–water partition coefficient (Wildman–Crippen LogP) is 3.30. The molecule has 1 rings (SSSR count). The number of rotatable bonds is 4. The molecule has 0 heterocycles. The van der Waals surface area contributed by atoms with E-state index in [0.29, 0.717) is 24.4 Å². The maximum absolute atomic E-state index is 10.2. The molecule has 0 radical (unpaired) electrons. The molecule has 5 unspecified atom stereocenters. The van der Waals surface area contributed by atoms with Gasteiger partial charge in [0, 0.05) is 13.0 Å². The Morgan fingerprint density at radius 2 is 1.44 bits per heavy atom. The van der Waals surface area contributed by atoms with E-state index in [0.717, 1.165) is 18.3 Å². The Morgan fingerprint density at radius 3 is 1.81 bits per heavy atom. The summed E-state index contributed by atoms with van der Waals surface area (Å²) in [7, 11) is 0. The van der Waals surface area contributed by atoms with Crippen LogP contribution in [0.2, 0.25) is 0 Å². The molecular weight excluding hydrogens is 200 g/mol. The minimum Gasteiger partial charge on any atom is -0.366 e. The Morgan fingerprint density at radius 1 is 1.00 bits per heavy atom. The van der Waals surface area contributed by atoms with E-state index in [1.54, 1.807) is 6.92 Å². The van der Waals surface area contributed by atoms with Gasteiger partial charge in [0.15, 0.2) is 5.79 Å². The van der Waals surface area contributed by atoms with Crippen molar-refractivity contribution in [2.45, 2.75) is 53.8 Å². The van der Waals surface area contributed by atoms with E-state index in [2.05, 4.69) is 27.7 Å². The summed E-state index contributed by atoms with van der Waals surface area (Å²) in [5.74, 6) is 2.47. The zero-order chi connectivity index (χ0) is 12.5. The van der Waals surface area contributed by atoms with Gasteiger partial charge in [-0.1, -0.05) is 27.7 Å². The van der Waals surface area contributed by atoms with Crippen molar-refractivity contribution in [3.05, 3.63) is 0 Å². The smallest absolute Gasteiger partial charge is 0.162 e. The molecule has 0 aromatic heterocycles. The van der Waals surface area contributed by atoms with E-state index in [9.17, 15) is 5.11 Å². The first-order valence-corrected chi connectivity index (χ1v) is 6.66. The molecule has 0 amide bonds. The second-order valence-electron chi connectivity index (χ2n) is 5.91. The van der Waals surface area contributed by atoms with E-state index in [-0.39, 0.29) is 0 Å². The number of aliphatic hydroxyl groups is 1. The van der Waals surface area contributed by atoms with Gasteiger partial charge >= 0.3 is 0 Å². The lowest BCUT2D eigenvalue weighted by Crippen LogP contribution is -2.33. The third kappa shape index (κ3) is 2.78. The van der Waals surface area contributed by atoms with Crippen LogP contribution in [-0.2, 0) is 4.74 Å². The van der Waals surface area contributed by atoms with Crippen LogP contribution in [0.3, 0.4) is 0 Å². The molecule has 0 aromatic rings. The molecule has 0 bridgehead atoms. The maximum atomic E-state index is 10.2. The van der Waals surface area contributed by atoms with Crippen LogP contribution in [0.5, 0.6) is 0 Å². The first-order chi connectivity index (χ1) is 7.30. The van der Waals surface area contributed by atoms with Gasteiger partial charge in [-0.2, -0.15) is 0 Å². The highest BCUT2D eigenvalue weighted by molar-refractivity contribution is 4.91. The van der Waals surface area contributed by atoms with E-state index >= 15 is 0 Å². The predicted molar refractivity (Wildman–Crippen MR) is 67.0 cm³/mol. The summed E-state index contributed by atoms with van der Waals surface area (Å²) in [5.41, 5.74) is 0. The van der Waals surface area contributed by atoms with Crippen molar-refractivity contribution in [1.82, 2.24) is 0 Å². The molecule has 2 heteroatoms. The van der Waals surface area contributed by atoms with Crippen LogP contribution >= 0.6 is 0 Å². The Kier molecular flexibility index (Phi) is 4.42. The van der Waals surface area contributed by atoms with Crippen LogP contribution in [0.4, 0.5) is 0 Å². The Hall–Kier alpha value is -0.0800. The molecule has 2 nitrogen and oxygen atoms in total. The quantitative estimate of drug-likeness (QED) is 0.748. The molecular formula is C14H28O2. The van der Waals surface area contributed by atoms with E-state index < -0.39 is 5.79 Å². The highest BCUT2D eigenvalue weighted by atomic mass is 16.6. The standard InChI is InChI=1S/C14H28O2/c1-7-16-14(6,15)8-13-11(4)9(2)10(3)12(13)5/h9-13,15H,7-8H2,1-6H3. The maximum Gasteiger partial charge on any atom is 0.162 e. The SMILES string of the molecule is CCOC(C)(O)CC1C(C)C(C)C(C)C1C.